The molecule has 0 saturated carbocycles. The van der Waals surface area contributed by atoms with Crippen LogP contribution in [0.1, 0.15) is 0 Å². The number of nitrogens with one attached hydrogen (secondary N) is 1. The van der Waals surface area contributed by atoms with E-state index in [0.717, 1.165) is 22.4 Å². The lowest BCUT2D eigenvalue weighted by molar-refractivity contribution is 0.801. The SMILES string of the molecule is Cn1nc(Nc2ccccc2)c2ccccc21. The first kappa shape index (κ1) is 9.90. The molecule has 3 nitrogen and oxygen atoms in total. The van der Waals surface area contributed by atoms with Crippen molar-refractivity contribution in [2.45, 2.75) is 0 Å². The zero-order chi connectivity index (χ0) is 11.7. The monoisotopic (exact) mass is 223 g/mol. The Morgan fingerprint density at radius 3 is 2.47 bits per heavy atom. The Labute approximate surface area is 99.7 Å². The number of aryl methyl sites for hydroxylation is 1. The van der Waals surface area contributed by atoms with Gasteiger partial charge in [0.2, 0.25) is 0 Å². The number of rotatable bonds is 2. The van der Waals surface area contributed by atoms with Crippen molar-refractivity contribution in [2.75, 3.05) is 5.32 Å². The van der Waals surface area contributed by atoms with E-state index < -0.39 is 0 Å². The van der Waals surface area contributed by atoms with Gasteiger partial charge in [-0.05, 0) is 24.3 Å². The molecule has 0 aliphatic carbocycles. The van der Waals surface area contributed by atoms with Gasteiger partial charge >= 0.3 is 0 Å². The highest BCUT2D eigenvalue weighted by Crippen LogP contribution is 2.24. The van der Waals surface area contributed by atoms with Crippen molar-refractivity contribution < 1.29 is 0 Å². The van der Waals surface area contributed by atoms with Gasteiger partial charge in [-0.3, -0.25) is 4.68 Å². The van der Waals surface area contributed by atoms with Crippen molar-refractivity contribution in [1.29, 1.82) is 0 Å². The molecule has 0 aliphatic rings. The van der Waals surface area contributed by atoms with Crippen LogP contribution >= 0.6 is 0 Å². The van der Waals surface area contributed by atoms with Crippen LogP contribution in [-0.4, -0.2) is 9.78 Å². The van der Waals surface area contributed by atoms with Crippen molar-refractivity contribution >= 4 is 22.4 Å². The van der Waals surface area contributed by atoms with Gasteiger partial charge in [0.1, 0.15) is 0 Å². The molecular formula is C14H13N3. The topological polar surface area (TPSA) is 29.9 Å². The first-order valence-corrected chi connectivity index (χ1v) is 5.58. The summed E-state index contributed by atoms with van der Waals surface area (Å²) in [5.74, 6) is 0.898. The molecule has 1 heterocycles. The average molecular weight is 223 g/mol. The van der Waals surface area contributed by atoms with E-state index in [-0.39, 0.29) is 0 Å². The molecule has 3 aromatic rings. The molecular weight excluding hydrogens is 210 g/mol. The van der Waals surface area contributed by atoms with Crippen LogP contribution in [0.5, 0.6) is 0 Å². The van der Waals surface area contributed by atoms with Gasteiger partial charge < -0.3 is 5.32 Å². The Morgan fingerprint density at radius 2 is 1.65 bits per heavy atom. The summed E-state index contributed by atoms with van der Waals surface area (Å²) in [4.78, 5) is 0. The molecule has 17 heavy (non-hydrogen) atoms. The fourth-order valence-corrected chi connectivity index (χ4v) is 1.96. The number of hydrogen-bond acceptors (Lipinski definition) is 2. The molecule has 1 aromatic heterocycles. The molecule has 0 unspecified atom stereocenters. The zero-order valence-electron chi connectivity index (χ0n) is 9.59. The van der Waals surface area contributed by atoms with Gasteiger partial charge in [-0.25, -0.2) is 0 Å². The van der Waals surface area contributed by atoms with Crippen molar-refractivity contribution in [3.8, 4) is 0 Å². The van der Waals surface area contributed by atoms with Crippen LogP contribution in [0.4, 0.5) is 11.5 Å². The number of hydrogen-bond donors (Lipinski definition) is 1. The smallest absolute Gasteiger partial charge is 0.160 e. The highest BCUT2D eigenvalue weighted by Gasteiger charge is 2.06. The van der Waals surface area contributed by atoms with Gasteiger partial charge in [0.05, 0.1) is 5.52 Å². The lowest BCUT2D eigenvalue weighted by Crippen LogP contribution is -1.93. The Bertz CT molecular complexity index is 641. The minimum atomic E-state index is 0.898. The summed E-state index contributed by atoms with van der Waals surface area (Å²) in [6, 6.07) is 18.3. The van der Waals surface area contributed by atoms with Gasteiger partial charge in [0.25, 0.3) is 0 Å². The van der Waals surface area contributed by atoms with E-state index in [1.54, 1.807) is 0 Å². The number of anilines is 2. The lowest BCUT2D eigenvalue weighted by Gasteiger charge is -2.02. The summed E-state index contributed by atoms with van der Waals surface area (Å²) in [5.41, 5.74) is 2.18. The summed E-state index contributed by atoms with van der Waals surface area (Å²) in [5, 5.41) is 8.96. The predicted molar refractivity (Wildman–Crippen MR) is 70.4 cm³/mol. The lowest BCUT2D eigenvalue weighted by atomic mass is 10.2. The highest BCUT2D eigenvalue weighted by atomic mass is 15.3. The normalized spacial score (nSPS) is 10.6. The molecule has 2 aromatic carbocycles. The van der Waals surface area contributed by atoms with Crippen LogP contribution in [0.25, 0.3) is 10.9 Å². The van der Waals surface area contributed by atoms with E-state index in [1.807, 2.05) is 54.2 Å². The van der Waals surface area contributed by atoms with Crippen LogP contribution in [0.15, 0.2) is 54.6 Å². The van der Waals surface area contributed by atoms with E-state index in [1.165, 1.54) is 0 Å². The third kappa shape index (κ3) is 1.76. The molecule has 0 saturated heterocycles. The molecule has 0 aliphatic heterocycles. The van der Waals surface area contributed by atoms with Crippen molar-refractivity contribution in [3.05, 3.63) is 54.6 Å². The van der Waals surface area contributed by atoms with E-state index in [2.05, 4.69) is 22.5 Å². The Hall–Kier alpha value is -2.29. The fourth-order valence-electron chi connectivity index (χ4n) is 1.96. The predicted octanol–water partition coefficient (Wildman–Crippen LogP) is 3.32. The van der Waals surface area contributed by atoms with Gasteiger partial charge in [-0.15, -0.1) is 0 Å². The van der Waals surface area contributed by atoms with Crippen LogP contribution in [0.2, 0.25) is 0 Å². The van der Waals surface area contributed by atoms with Crippen molar-refractivity contribution in [1.82, 2.24) is 9.78 Å². The molecule has 0 atom stereocenters. The van der Waals surface area contributed by atoms with Crippen LogP contribution < -0.4 is 5.32 Å². The van der Waals surface area contributed by atoms with Gasteiger partial charge in [-0.2, -0.15) is 5.10 Å². The first-order valence-electron chi connectivity index (χ1n) is 5.58. The third-order valence-electron chi connectivity index (χ3n) is 2.79. The second-order valence-corrected chi connectivity index (χ2v) is 3.98. The third-order valence-corrected chi connectivity index (χ3v) is 2.79. The van der Waals surface area contributed by atoms with E-state index >= 15 is 0 Å². The molecule has 1 N–H and O–H groups in total. The Balaban J connectivity index is 2.07. The molecule has 3 rings (SSSR count). The van der Waals surface area contributed by atoms with Crippen LogP contribution in [0.3, 0.4) is 0 Å². The fraction of sp³-hybridized carbons (Fsp3) is 0.0714. The summed E-state index contributed by atoms with van der Waals surface area (Å²) in [6.07, 6.45) is 0. The molecule has 0 spiro atoms. The molecule has 3 heteroatoms. The van der Waals surface area contributed by atoms with Crippen molar-refractivity contribution in [2.24, 2.45) is 7.05 Å². The zero-order valence-corrected chi connectivity index (χ0v) is 9.59. The maximum atomic E-state index is 4.49. The second-order valence-electron chi connectivity index (χ2n) is 3.98. The highest BCUT2D eigenvalue weighted by molar-refractivity contribution is 5.91. The first-order chi connectivity index (χ1) is 8.34. The summed E-state index contributed by atoms with van der Waals surface area (Å²) in [6.45, 7) is 0. The van der Waals surface area contributed by atoms with Crippen molar-refractivity contribution in [3.63, 3.8) is 0 Å². The summed E-state index contributed by atoms with van der Waals surface area (Å²) in [7, 11) is 1.96. The Morgan fingerprint density at radius 1 is 0.941 bits per heavy atom. The Kier molecular flexibility index (Phi) is 2.29. The second kappa shape index (κ2) is 3.94. The number of aromatic nitrogens is 2. The number of nitrogens with zero attached hydrogens (tertiary/aromatic N) is 2. The van der Waals surface area contributed by atoms with E-state index in [0.29, 0.717) is 0 Å². The van der Waals surface area contributed by atoms with E-state index in [4.69, 9.17) is 0 Å². The maximum absolute atomic E-state index is 4.49. The maximum Gasteiger partial charge on any atom is 0.160 e. The number of benzene rings is 2. The van der Waals surface area contributed by atoms with Gasteiger partial charge in [0.15, 0.2) is 5.82 Å². The molecule has 0 amide bonds. The van der Waals surface area contributed by atoms with E-state index in [9.17, 15) is 0 Å². The van der Waals surface area contributed by atoms with Gasteiger partial charge in [-0.1, -0.05) is 30.3 Å². The molecule has 84 valence electrons. The largest absolute Gasteiger partial charge is 0.338 e. The minimum Gasteiger partial charge on any atom is -0.338 e. The summed E-state index contributed by atoms with van der Waals surface area (Å²) < 4.78 is 1.89. The minimum absolute atomic E-state index is 0.898. The standard InChI is InChI=1S/C14H13N3/c1-17-13-10-6-5-9-12(13)14(16-17)15-11-7-3-2-4-8-11/h2-10H,1H3,(H,15,16). The quantitative estimate of drug-likeness (QED) is 0.722. The molecule has 0 radical (unpaired) electrons. The average Bonchev–Trinajstić information content (AvgIpc) is 2.69. The summed E-state index contributed by atoms with van der Waals surface area (Å²) >= 11 is 0. The number of para-hydroxylation sites is 2. The molecule has 0 bridgehead atoms. The number of fused-ring (bicyclic) bond motifs is 1. The van der Waals surface area contributed by atoms with Crippen LogP contribution in [-0.2, 0) is 7.05 Å². The van der Waals surface area contributed by atoms with Crippen LogP contribution in [0, 0.1) is 0 Å². The van der Waals surface area contributed by atoms with Gasteiger partial charge in [0, 0.05) is 18.1 Å². The molecule has 0 fully saturated rings.